The van der Waals surface area contributed by atoms with Crippen LogP contribution in [0.4, 0.5) is 0 Å². The summed E-state index contributed by atoms with van der Waals surface area (Å²) in [5.41, 5.74) is 4.74. The zero-order chi connectivity index (χ0) is 18.3. The molecule has 0 saturated heterocycles. The largest absolute Gasteiger partial charge is 0.479 e. The van der Waals surface area contributed by atoms with Crippen LogP contribution >= 0.6 is 0 Å². The van der Waals surface area contributed by atoms with Gasteiger partial charge in [-0.25, -0.2) is 28.2 Å². The smallest absolute Gasteiger partial charge is 0.240 e. The van der Waals surface area contributed by atoms with E-state index in [2.05, 4.69) is 27.1 Å². The van der Waals surface area contributed by atoms with Crippen molar-refractivity contribution in [2.24, 2.45) is 0 Å². The Morgan fingerprint density at radius 2 is 2.04 bits per heavy atom. The maximum absolute atomic E-state index is 12.1. The van der Waals surface area contributed by atoms with Crippen LogP contribution < -0.4 is 4.74 Å². The van der Waals surface area contributed by atoms with Crippen LogP contribution in [0.3, 0.4) is 0 Å². The number of aromatic nitrogens is 3. The zero-order valence-corrected chi connectivity index (χ0v) is 15.4. The fourth-order valence-electron chi connectivity index (χ4n) is 3.32. The molecule has 0 saturated carbocycles. The molecule has 7 nitrogen and oxygen atoms in total. The Balaban J connectivity index is 1.82. The van der Waals surface area contributed by atoms with Gasteiger partial charge in [0, 0.05) is 36.5 Å². The van der Waals surface area contributed by atoms with Crippen molar-refractivity contribution >= 4 is 20.8 Å². The molecule has 1 aliphatic heterocycles. The lowest BCUT2D eigenvalue weighted by Crippen LogP contribution is -2.34. The van der Waals surface area contributed by atoms with Gasteiger partial charge in [-0.1, -0.05) is 12.1 Å². The molecule has 1 N–H and O–H groups in total. The summed E-state index contributed by atoms with van der Waals surface area (Å²) in [5, 5.41) is 0.867. The number of benzene rings is 1. The standard InChI is InChI=1S/C18H19N5O2S/c1-25-18-17-15(5-7-20-18)16(21-11-22-17)13-4-3-12-6-8-23(26(2,19)24)10-14(12)9-13/h3-5,7,9,11,19H,6,8,10H2,1-2H3. The average molecular weight is 369 g/mol. The molecule has 2 aromatic heterocycles. The van der Waals surface area contributed by atoms with Crippen LogP contribution in [-0.4, -0.2) is 43.4 Å². The number of nitrogens with one attached hydrogen (secondary N) is 1. The van der Waals surface area contributed by atoms with Crippen molar-refractivity contribution in [2.45, 2.75) is 13.0 Å². The first kappa shape index (κ1) is 16.9. The molecule has 1 atom stereocenters. The number of pyridine rings is 1. The highest BCUT2D eigenvalue weighted by molar-refractivity contribution is 7.89. The topological polar surface area (TPSA) is 92.1 Å². The minimum Gasteiger partial charge on any atom is -0.479 e. The first-order valence-electron chi connectivity index (χ1n) is 8.22. The molecular formula is C18H19N5O2S. The Labute approximate surface area is 152 Å². The molecule has 0 aliphatic carbocycles. The predicted molar refractivity (Wildman–Crippen MR) is 100 cm³/mol. The Kier molecular flexibility index (Phi) is 4.08. The van der Waals surface area contributed by atoms with Crippen molar-refractivity contribution in [2.75, 3.05) is 19.9 Å². The quantitative estimate of drug-likeness (QED) is 0.766. The Bertz CT molecular complexity index is 1100. The number of ether oxygens (including phenoxy) is 1. The third-order valence-electron chi connectivity index (χ3n) is 4.66. The van der Waals surface area contributed by atoms with E-state index in [4.69, 9.17) is 9.52 Å². The summed E-state index contributed by atoms with van der Waals surface area (Å²) in [4.78, 5) is 13.0. The Morgan fingerprint density at radius 1 is 1.19 bits per heavy atom. The SMILES string of the molecule is COc1nccc2c(-c3ccc4c(c3)CN(S(C)(=N)=O)CC4)ncnc12. The van der Waals surface area contributed by atoms with Crippen LogP contribution in [0, 0.1) is 4.78 Å². The van der Waals surface area contributed by atoms with E-state index >= 15 is 0 Å². The van der Waals surface area contributed by atoms with E-state index in [1.165, 1.54) is 18.1 Å². The molecule has 1 aliphatic rings. The number of hydrogen-bond donors (Lipinski definition) is 1. The van der Waals surface area contributed by atoms with Gasteiger partial charge in [-0.3, -0.25) is 0 Å². The maximum atomic E-state index is 12.1. The number of nitrogens with zero attached hydrogens (tertiary/aromatic N) is 4. The molecule has 3 heterocycles. The molecule has 1 aromatic carbocycles. The van der Waals surface area contributed by atoms with Crippen molar-refractivity contribution in [1.82, 2.24) is 19.3 Å². The summed E-state index contributed by atoms with van der Waals surface area (Å²) in [6.07, 6.45) is 5.46. The molecule has 0 spiro atoms. The third kappa shape index (κ3) is 2.91. The second kappa shape index (κ2) is 6.30. The lowest BCUT2D eigenvalue weighted by molar-refractivity contribution is 0.402. The molecule has 4 rings (SSSR count). The average Bonchev–Trinajstić information content (AvgIpc) is 2.65. The number of fused-ring (bicyclic) bond motifs is 2. The monoisotopic (exact) mass is 369 g/mol. The van der Waals surface area contributed by atoms with Gasteiger partial charge in [0.1, 0.15) is 21.8 Å². The number of methoxy groups -OCH3 is 1. The number of rotatable bonds is 3. The maximum Gasteiger partial charge on any atom is 0.240 e. The van der Waals surface area contributed by atoms with Gasteiger partial charge < -0.3 is 4.74 Å². The molecule has 26 heavy (non-hydrogen) atoms. The van der Waals surface area contributed by atoms with E-state index in [-0.39, 0.29) is 0 Å². The molecule has 1 unspecified atom stereocenters. The normalized spacial score (nSPS) is 16.8. The lowest BCUT2D eigenvalue weighted by atomic mass is 9.96. The molecule has 0 fully saturated rings. The first-order valence-corrected chi connectivity index (χ1v) is 10.1. The van der Waals surface area contributed by atoms with Crippen LogP contribution in [0.5, 0.6) is 5.88 Å². The molecule has 0 amide bonds. The van der Waals surface area contributed by atoms with E-state index < -0.39 is 9.92 Å². The van der Waals surface area contributed by atoms with Crippen molar-refractivity contribution in [3.8, 4) is 17.1 Å². The Hall–Kier alpha value is -2.58. The van der Waals surface area contributed by atoms with E-state index in [0.29, 0.717) is 24.5 Å². The molecule has 0 radical (unpaired) electrons. The summed E-state index contributed by atoms with van der Waals surface area (Å²) in [6.45, 7) is 1.15. The first-order chi connectivity index (χ1) is 12.5. The molecule has 0 bridgehead atoms. The lowest BCUT2D eigenvalue weighted by Gasteiger charge is -2.28. The second-order valence-electron chi connectivity index (χ2n) is 6.34. The van der Waals surface area contributed by atoms with E-state index in [0.717, 1.165) is 28.6 Å². The molecule has 134 valence electrons. The summed E-state index contributed by atoms with van der Waals surface area (Å²) in [7, 11) is -1.14. The molecule has 8 heteroatoms. The predicted octanol–water partition coefficient (Wildman–Crippen LogP) is 2.65. The van der Waals surface area contributed by atoms with Crippen LogP contribution in [-0.2, 0) is 22.9 Å². The van der Waals surface area contributed by atoms with Gasteiger partial charge in [0.25, 0.3) is 0 Å². The van der Waals surface area contributed by atoms with Gasteiger partial charge in [0.2, 0.25) is 5.88 Å². The van der Waals surface area contributed by atoms with Gasteiger partial charge in [-0.15, -0.1) is 0 Å². The molecule has 3 aromatic rings. The fourth-order valence-corrected chi connectivity index (χ4v) is 4.14. The molecular weight excluding hydrogens is 350 g/mol. The van der Waals surface area contributed by atoms with Crippen LogP contribution in [0.25, 0.3) is 22.2 Å². The highest BCUT2D eigenvalue weighted by atomic mass is 32.2. The van der Waals surface area contributed by atoms with Crippen LogP contribution in [0.15, 0.2) is 36.8 Å². The highest BCUT2D eigenvalue weighted by Gasteiger charge is 2.22. The van der Waals surface area contributed by atoms with E-state index in [1.807, 2.05) is 12.1 Å². The van der Waals surface area contributed by atoms with Crippen molar-refractivity contribution in [3.63, 3.8) is 0 Å². The third-order valence-corrected chi connectivity index (χ3v) is 5.96. The fraction of sp³-hybridized carbons (Fsp3) is 0.278. The van der Waals surface area contributed by atoms with E-state index in [9.17, 15) is 4.21 Å². The van der Waals surface area contributed by atoms with Gasteiger partial charge >= 0.3 is 0 Å². The second-order valence-corrected chi connectivity index (χ2v) is 8.46. The van der Waals surface area contributed by atoms with Crippen molar-refractivity contribution in [1.29, 1.82) is 4.78 Å². The summed E-state index contributed by atoms with van der Waals surface area (Å²) in [5.74, 6) is 0.468. The minimum atomic E-state index is -2.71. The summed E-state index contributed by atoms with van der Waals surface area (Å²) in [6, 6.07) is 8.09. The van der Waals surface area contributed by atoms with Crippen LogP contribution in [0.2, 0.25) is 0 Å². The highest BCUT2D eigenvalue weighted by Crippen LogP contribution is 2.31. The Morgan fingerprint density at radius 3 is 2.81 bits per heavy atom. The van der Waals surface area contributed by atoms with Gasteiger partial charge in [-0.05, 0) is 29.7 Å². The minimum absolute atomic E-state index is 0.468. The van der Waals surface area contributed by atoms with E-state index in [1.54, 1.807) is 17.6 Å². The van der Waals surface area contributed by atoms with Gasteiger partial charge in [0.05, 0.1) is 12.8 Å². The van der Waals surface area contributed by atoms with Gasteiger partial charge in [-0.2, -0.15) is 0 Å². The van der Waals surface area contributed by atoms with Crippen molar-refractivity contribution < 1.29 is 8.95 Å². The van der Waals surface area contributed by atoms with Gasteiger partial charge in [0.15, 0.2) is 0 Å². The summed E-state index contributed by atoms with van der Waals surface area (Å²) >= 11 is 0. The number of hydrogen-bond acceptors (Lipinski definition) is 6. The van der Waals surface area contributed by atoms with Crippen LogP contribution in [0.1, 0.15) is 11.1 Å². The van der Waals surface area contributed by atoms with Crippen molar-refractivity contribution in [3.05, 3.63) is 47.9 Å². The summed E-state index contributed by atoms with van der Waals surface area (Å²) < 4.78 is 27.0. The zero-order valence-electron chi connectivity index (χ0n) is 14.6.